The van der Waals surface area contributed by atoms with Crippen molar-refractivity contribution in [2.24, 2.45) is 5.10 Å². The van der Waals surface area contributed by atoms with Gasteiger partial charge >= 0.3 is 0 Å². The Morgan fingerprint density at radius 1 is 1.35 bits per heavy atom. The van der Waals surface area contributed by atoms with E-state index >= 15 is 0 Å². The molecule has 1 amide bonds. The van der Waals surface area contributed by atoms with E-state index in [4.69, 9.17) is 0 Å². The van der Waals surface area contributed by atoms with E-state index in [9.17, 15) is 19.7 Å². The second-order valence-electron chi connectivity index (χ2n) is 7.43. The second-order valence-corrected chi connectivity index (χ2v) is 8.64. The highest BCUT2D eigenvalue weighted by Gasteiger charge is 2.36. The van der Waals surface area contributed by atoms with E-state index in [1.807, 2.05) is 11.0 Å². The van der Waals surface area contributed by atoms with E-state index in [1.165, 1.54) is 23.9 Å². The van der Waals surface area contributed by atoms with E-state index in [2.05, 4.69) is 15.5 Å². The summed E-state index contributed by atoms with van der Waals surface area (Å²) >= 11 is 1.33. The summed E-state index contributed by atoms with van der Waals surface area (Å²) in [6.07, 6.45) is 5.96. The van der Waals surface area contributed by atoms with Crippen molar-refractivity contribution in [1.82, 2.24) is 15.3 Å². The number of rotatable bonds is 6. The smallest absolute Gasteiger partial charge is 0.269 e. The van der Waals surface area contributed by atoms with Crippen LogP contribution in [0.4, 0.5) is 5.69 Å². The number of hydrogen-bond acceptors (Lipinski definition) is 7. The zero-order valence-corrected chi connectivity index (χ0v) is 17.6. The molecule has 2 aliphatic rings. The fourth-order valence-electron chi connectivity index (χ4n) is 3.82. The Labute approximate surface area is 182 Å². The van der Waals surface area contributed by atoms with Gasteiger partial charge in [-0.1, -0.05) is 23.9 Å². The molecule has 9 nitrogen and oxygen atoms in total. The fraction of sp³-hybridized carbons (Fsp3) is 0.286. The maximum atomic E-state index is 13.2. The Bertz CT molecular complexity index is 1060. The molecule has 1 fully saturated rings. The zero-order valence-electron chi connectivity index (χ0n) is 16.8. The van der Waals surface area contributed by atoms with Crippen LogP contribution in [0.2, 0.25) is 0 Å². The standard InChI is InChI=1S/C21H21N5O4S/c1-13(15-6-8-22-11-15)23-24-21(28)20(14-2-4-17(5-3-14)26(29)30)25-9-7-18-16(12-25)10-19(27)31-18/h2-6,8,10-11,18,20,22H,7,9,12H2,1H3,(H,24,28)/b23-13+. The maximum absolute atomic E-state index is 13.2. The lowest BCUT2D eigenvalue weighted by Gasteiger charge is -2.36. The number of H-pyrrole nitrogens is 1. The summed E-state index contributed by atoms with van der Waals surface area (Å²) in [6.45, 7) is 2.90. The number of nitro benzene ring substituents is 1. The molecule has 0 radical (unpaired) electrons. The van der Waals surface area contributed by atoms with Crippen LogP contribution in [0, 0.1) is 10.1 Å². The number of thioether (sulfide) groups is 1. The van der Waals surface area contributed by atoms with Gasteiger partial charge in [0.2, 0.25) is 5.12 Å². The van der Waals surface area contributed by atoms with E-state index < -0.39 is 11.0 Å². The first kappa shape index (κ1) is 21.0. The highest BCUT2D eigenvalue weighted by molar-refractivity contribution is 8.15. The van der Waals surface area contributed by atoms with Crippen molar-refractivity contribution in [2.45, 2.75) is 24.6 Å². The molecule has 0 bridgehead atoms. The fourth-order valence-corrected chi connectivity index (χ4v) is 4.84. The van der Waals surface area contributed by atoms with E-state index in [1.54, 1.807) is 37.5 Å². The molecular weight excluding hydrogens is 418 g/mol. The third-order valence-electron chi connectivity index (χ3n) is 5.42. The number of nitrogens with one attached hydrogen (secondary N) is 2. The number of non-ortho nitro benzene ring substituents is 1. The number of carbonyl (C=O) groups is 2. The minimum atomic E-state index is -0.689. The molecule has 0 aliphatic carbocycles. The predicted octanol–water partition coefficient (Wildman–Crippen LogP) is 2.78. The van der Waals surface area contributed by atoms with Gasteiger partial charge in [-0.3, -0.25) is 24.6 Å². The molecular formula is C21H21N5O4S. The van der Waals surface area contributed by atoms with Gasteiger partial charge in [-0.05, 0) is 36.6 Å². The maximum Gasteiger partial charge on any atom is 0.269 e. The minimum Gasteiger partial charge on any atom is -0.367 e. The number of amides is 1. The van der Waals surface area contributed by atoms with E-state index in [0.29, 0.717) is 24.4 Å². The molecule has 10 heteroatoms. The van der Waals surface area contributed by atoms with E-state index in [0.717, 1.165) is 17.6 Å². The third-order valence-corrected chi connectivity index (χ3v) is 6.60. The minimum absolute atomic E-state index is 0.0385. The average Bonchev–Trinajstić information content (AvgIpc) is 3.41. The Hall–Kier alpha value is -3.24. The summed E-state index contributed by atoms with van der Waals surface area (Å²) < 4.78 is 0. The molecule has 0 saturated carbocycles. The number of aromatic nitrogens is 1. The molecule has 31 heavy (non-hydrogen) atoms. The van der Waals surface area contributed by atoms with Crippen molar-refractivity contribution in [1.29, 1.82) is 0 Å². The Kier molecular flexibility index (Phi) is 6.01. The van der Waals surface area contributed by atoms with Crippen LogP contribution >= 0.6 is 11.8 Å². The molecule has 2 atom stereocenters. The average molecular weight is 439 g/mol. The highest BCUT2D eigenvalue weighted by Crippen LogP contribution is 2.37. The van der Waals surface area contributed by atoms with Crippen LogP contribution in [-0.2, 0) is 9.59 Å². The van der Waals surface area contributed by atoms with Crippen molar-refractivity contribution in [3.8, 4) is 0 Å². The van der Waals surface area contributed by atoms with Crippen LogP contribution in [0.1, 0.15) is 30.5 Å². The van der Waals surface area contributed by atoms with Crippen LogP contribution in [0.25, 0.3) is 0 Å². The number of nitrogens with zero attached hydrogens (tertiary/aromatic N) is 3. The number of benzene rings is 1. The second kappa shape index (κ2) is 8.86. The van der Waals surface area contributed by atoms with Gasteiger partial charge in [-0.25, -0.2) is 5.43 Å². The van der Waals surface area contributed by atoms with Gasteiger partial charge in [-0.2, -0.15) is 5.10 Å². The van der Waals surface area contributed by atoms with Gasteiger partial charge < -0.3 is 4.98 Å². The van der Waals surface area contributed by atoms with Gasteiger partial charge in [0.1, 0.15) is 6.04 Å². The van der Waals surface area contributed by atoms with Crippen molar-refractivity contribution < 1.29 is 14.5 Å². The Balaban J connectivity index is 1.59. The summed E-state index contributed by atoms with van der Waals surface area (Å²) in [5, 5.41) is 15.4. The van der Waals surface area contributed by atoms with Crippen LogP contribution in [0.5, 0.6) is 0 Å². The number of carbonyl (C=O) groups excluding carboxylic acids is 2. The lowest BCUT2D eigenvalue weighted by Crippen LogP contribution is -2.44. The number of nitro groups is 1. The van der Waals surface area contributed by atoms with Crippen molar-refractivity contribution in [2.75, 3.05) is 13.1 Å². The van der Waals surface area contributed by atoms with Crippen molar-refractivity contribution in [3.63, 3.8) is 0 Å². The molecule has 160 valence electrons. The number of fused-ring (bicyclic) bond motifs is 1. The number of piperidine rings is 1. The molecule has 1 saturated heterocycles. The van der Waals surface area contributed by atoms with E-state index in [-0.39, 0.29) is 22.0 Å². The number of hydrazone groups is 1. The normalized spacial score (nSPS) is 20.2. The summed E-state index contributed by atoms with van der Waals surface area (Å²) in [5.74, 6) is -0.334. The lowest BCUT2D eigenvalue weighted by atomic mass is 9.98. The summed E-state index contributed by atoms with van der Waals surface area (Å²) in [5.41, 5.74) is 5.75. The van der Waals surface area contributed by atoms with Crippen molar-refractivity contribution in [3.05, 3.63) is 75.6 Å². The van der Waals surface area contributed by atoms with Gasteiger partial charge in [0.15, 0.2) is 0 Å². The highest BCUT2D eigenvalue weighted by atomic mass is 32.2. The summed E-state index contributed by atoms with van der Waals surface area (Å²) in [4.78, 5) is 40.5. The van der Waals surface area contributed by atoms with Gasteiger partial charge in [0.25, 0.3) is 11.6 Å². The van der Waals surface area contributed by atoms with Crippen LogP contribution in [0.15, 0.2) is 59.5 Å². The van der Waals surface area contributed by atoms with Crippen LogP contribution in [-0.4, -0.2) is 49.9 Å². The molecule has 0 spiro atoms. The zero-order chi connectivity index (χ0) is 22.0. The molecule has 2 N–H and O–H groups in total. The van der Waals surface area contributed by atoms with Crippen LogP contribution < -0.4 is 5.43 Å². The Morgan fingerprint density at radius 3 is 2.81 bits per heavy atom. The molecule has 2 unspecified atom stereocenters. The first-order valence-electron chi connectivity index (χ1n) is 9.79. The Morgan fingerprint density at radius 2 is 2.13 bits per heavy atom. The first-order valence-corrected chi connectivity index (χ1v) is 10.7. The van der Waals surface area contributed by atoms with Gasteiger partial charge in [0.05, 0.1) is 10.6 Å². The monoisotopic (exact) mass is 439 g/mol. The molecule has 4 rings (SSSR count). The number of hydrogen-bond donors (Lipinski definition) is 2. The van der Waals surface area contributed by atoms with Gasteiger partial charge in [0, 0.05) is 48.4 Å². The van der Waals surface area contributed by atoms with Gasteiger partial charge in [-0.15, -0.1) is 0 Å². The largest absolute Gasteiger partial charge is 0.367 e. The molecule has 2 aromatic rings. The first-order chi connectivity index (χ1) is 14.9. The summed E-state index contributed by atoms with van der Waals surface area (Å²) in [7, 11) is 0. The number of aromatic amines is 1. The van der Waals surface area contributed by atoms with Crippen molar-refractivity contribution >= 4 is 34.2 Å². The predicted molar refractivity (Wildman–Crippen MR) is 118 cm³/mol. The number of likely N-dealkylation sites (tertiary alicyclic amines) is 1. The lowest BCUT2D eigenvalue weighted by molar-refractivity contribution is -0.384. The SMILES string of the molecule is C/C(=N\NC(=O)C(c1ccc([N+](=O)[O-])cc1)N1CCC2SC(=O)C=C2C1)c1cc[nH]c1. The molecule has 1 aromatic carbocycles. The topological polar surface area (TPSA) is 121 Å². The molecule has 3 heterocycles. The molecule has 2 aliphatic heterocycles. The van der Waals surface area contributed by atoms with Crippen LogP contribution in [0.3, 0.4) is 0 Å². The third kappa shape index (κ3) is 4.59. The quantitative estimate of drug-likeness (QED) is 0.406. The summed E-state index contributed by atoms with van der Waals surface area (Å²) in [6, 6.07) is 7.15. The molecule has 1 aromatic heterocycles.